The highest BCUT2D eigenvalue weighted by molar-refractivity contribution is 6.03. The summed E-state index contributed by atoms with van der Waals surface area (Å²) in [5, 5.41) is 24.1. The van der Waals surface area contributed by atoms with Crippen molar-refractivity contribution in [2.24, 2.45) is 0 Å². The van der Waals surface area contributed by atoms with Gasteiger partial charge in [-0.2, -0.15) is 0 Å². The van der Waals surface area contributed by atoms with Gasteiger partial charge in [0.25, 0.3) is 11.6 Å². The number of amides is 1. The van der Waals surface area contributed by atoms with Crippen molar-refractivity contribution in [3.05, 3.63) is 33.9 Å². The summed E-state index contributed by atoms with van der Waals surface area (Å²) in [6.45, 7) is 0.0807. The first-order chi connectivity index (χ1) is 10.4. The maximum atomic E-state index is 12.3. The van der Waals surface area contributed by atoms with Gasteiger partial charge in [0.2, 0.25) is 0 Å². The molecule has 22 heavy (non-hydrogen) atoms. The van der Waals surface area contributed by atoms with Crippen LogP contribution in [0.1, 0.15) is 48.9 Å². The zero-order chi connectivity index (χ0) is 16.2. The van der Waals surface area contributed by atoms with Gasteiger partial charge >= 0.3 is 0 Å². The van der Waals surface area contributed by atoms with E-state index in [0.29, 0.717) is 12.8 Å². The maximum absolute atomic E-state index is 12.3. The lowest BCUT2D eigenvalue weighted by Crippen LogP contribution is -2.42. The van der Waals surface area contributed by atoms with Crippen LogP contribution in [0.4, 0.5) is 11.4 Å². The normalized spacial score (nSPS) is 17.5. The number of nitro benzene ring substituents is 1. The second-order valence-corrected chi connectivity index (χ2v) is 5.82. The number of aliphatic hydroxyl groups is 1. The molecule has 7 heteroatoms. The topological polar surface area (TPSA) is 118 Å². The van der Waals surface area contributed by atoms with Crippen molar-refractivity contribution in [1.29, 1.82) is 0 Å². The molecule has 4 N–H and O–H groups in total. The summed E-state index contributed by atoms with van der Waals surface area (Å²) in [5.74, 6) is -0.623. The van der Waals surface area contributed by atoms with E-state index in [1.165, 1.54) is 18.2 Å². The van der Waals surface area contributed by atoms with Gasteiger partial charge in [-0.25, -0.2) is 0 Å². The fraction of sp³-hybridized carbons (Fsp3) is 0.533. The lowest BCUT2D eigenvalue weighted by atomic mass is 9.94. The third-order valence-electron chi connectivity index (χ3n) is 4.11. The predicted octanol–water partition coefficient (Wildman–Crippen LogP) is 1.99. The van der Waals surface area contributed by atoms with Gasteiger partial charge in [-0.3, -0.25) is 14.9 Å². The summed E-state index contributed by atoms with van der Waals surface area (Å²) in [7, 11) is 0. The molecule has 1 aromatic rings. The molecule has 120 valence electrons. The van der Waals surface area contributed by atoms with E-state index in [1.807, 2.05) is 0 Å². The van der Waals surface area contributed by atoms with Gasteiger partial charge < -0.3 is 16.2 Å². The number of nitrogens with one attached hydrogen (secondary N) is 1. The van der Waals surface area contributed by atoms with Crippen LogP contribution in [0.25, 0.3) is 0 Å². The first-order valence-corrected chi connectivity index (χ1v) is 7.46. The van der Waals surface area contributed by atoms with Crippen molar-refractivity contribution in [3.8, 4) is 0 Å². The minimum Gasteiger partial charge on any atom is -0.398 e. The summed E-state index contributed by atoms with van der Waals surface area (Å²) < 4.78 is 0. The standard InChI is InChI=1S/C15H21N3O4/c16-11-6-5-7-12(18(21)22)13(11)14(19)17-10-15(20)8-3-1-2-4-9-15/h5-7,20H,1-4,8-10,16H2,(H,17,19). The van der Waals surface area contributed by atoms with Crippen molar-refractivity contribution in [2.45, 2.75) is 44.1 Å². The van der Waals surface area contributed by atoms with Gasteiger partial charge in [-0.1, -0.05) is 31.7 Å². The van der Waals surface area contributed by atoms with Crippen LogP contribution in [0, 0.1) is 10.1 Å². The molecule has 2 rings (SSSR count). The fourth-order valence-corrected chi connectivity index (χ4v) is 2.85. The molecule has 0 spiro atoms. The van der Waals surface area contributed by atoms with E-state index in [9.17, 15) is 20.0 Å². The molecule has 1 saturated carbocycles. The Hall–Kier alpha value is -2.15. The molecule has 0 atom stereocenters. The van der Waals surface area contributed by atoms with Gasteiger partial charge in [0.15, 0.2) is 0 Å². The number of hydrogen-bond donors (Lipinski definition) is 3. The largest absolute Gasteiger partial charge is 0.398 e. The number of carbonyl (C=O) groups excluding carboxylic acids is 1. The van der Waals surface area contributed by atoms with E-state index in [4.69, 9.17) is 5.73 Å². The Morgan fingerprint density at radius 2 is 1.95 bits per heavy atom. The second kappa shape index (κ2) is 6.74. The predicted molar refractivity (Wildman–Crippen MR) is 82.5 cm³/mol. The number of hydrogen-bond acceptors (Lipinski definition) is 5. The van der Waals surface area contributed by atoms with Crippen LogP contribution in [0.15, 0.2) is 18.2 Å². The van der Waals surface area contributed by atoms with Crippen LogP contribution in [-0.4, -0.2) is 28.1 Å². The Bertz CT molecular complexity index is 566. The highest BCUT2D eigenvalue weighted by Gasteiger charge is 2.30. The number of nitrogens with zero attached hydrogens (tertiary/aromatic N) is 1. The Morgan fingerprint density at radius 1 is 1.32 bits per heavy atom. The van der Waals surface area contributed by atoms with E-state index in [2.05, 4.69) is 5.32 Å². The van der Waals surface area contributed by atoms with Crippen molar-refractivity contribution in [1.82, 2.24) is 5.32 Å². The number of benzene rings is 1. The first kappa shape index (κ1) is 16.2. The average Bonchev–Trinajstić information content (AvgIpc) is 2.70. The van der Waals surface area contributed by atoms with Crippen molar-refractivity contribution < 1.29 is 14.8 Å². The summed E-state index contributed by atoms with van der Waals surface area (Å²) in [5.41, 5.74) is 4.34. The van der Waals surface area contributed by atoms with E-state index in [-0.39, 0.29) is 23.5 Å². The van der Waals surface area contributed by atoms with E-state index >= 15 is 0 Å². The summed E-state index contributed by atoms with van der Waals surface area (Å²) in [6, 6.07) is 4.12. The zero-order valence-electron chi connectivity index (χ0n) is 12.4. The number of rotatable bonds is 4. The highest BCUT2D eigenvalue weighted by atomic mass is 16.6. The molecule has 0 saturated heterocycles. The molecule has 1 fully saturated rings. The van der Waals surface area contributed by atoms with Crippen LogP contribution in [0.5, 0.6) is 0 Å². The number of nitro groups is 1. The van der Waals surface area contributed by atoms with Gasteiger partial charge in [0.05, 0.1) is 16.2 Å². The molecule has 1 aliphatic rings. The monoisotopic (exact) mass is 307 g/mol. The van der Waals surface area contributed by atoms with Crippen molar-refractivity contribution in [2.75, 3.05) is 12.3 Å². The van der Waals surface area contributed by atoms with Crippen LogP contribution in [0.3, 0.4) is 0 Å². The molecule has 7 nitrogen and oxygen atoms in total. The molecule has 0 unspecified atom stereocenters. The van der Waals surface area contributed by atoms with Crippen LogP contribution in [0.2, 0.25) is 0 Å². The lowest BCUT2D eigenvalue weighted by molar-refractivity contribution is -0.385. The summed E-state index contributed by atoms with van der Waals surface area (Å²) in [4.78, 5) is 22.6. The van der Waals surface area contributed by atoms with Crippen LogP contribution in [-0.2, 0) is 0 Å². The molecule has 1 aromatic carbocycles. The highest BCUT2D eigenvalue weighted by Crippen LogP contribution is 2.27. The average molecular weight is 307 g/mol. The number of anilines is 1. The molecule has 1 amide bonds. The Labute approximate surface area is 128 Å². The Balaban J connectivity index is 2.11. The maximum Gasteiger partial charge on any atom is 0.284 e. The molecule has 0 radical (unpaired) electrons. The molecular weight excluding hydrogens is 286 g/mol. The quantitative estimate of drug-likeness (QED) is 0.340. The summed E-state index contributed by atoms with van der Waals surface area (Å²) >= 11 is 0. The van der Waals surface area contributed by atoms with Gasteiger partial charge in [-0.05, 0) is 18.9 Å². The van der Waals surface area contributed by atoms with Crippen LogP contribution < -0.4 is 11.1 Å². The van der Waals surface area contributed by atoms with Gasteiger partial charge in [-0.15, -0.1) is 0 Å². The molecule has 1 aliphatic carbocycles. The van der Waals surface area contributed by atoms with Crippen LogP contribution >= 0.6 is 0 Å². The number of carbonyl (C=O) groups is 1. The second-order valence-electron chi connectivity index (χ2n) is 5.82. The minimum absolute atomic E-state index is 0.0551. The molecule has 0 heterocycles. The number of nitrogens with two attached hydrogens (primary N) is 1. The fourth-order valence-electron chi connectivity index (χ4n) is 2.85. The molecule has 0 bridgehead atoms. The molecular formula is C15H21N3O4. The zero-order valence-corrected chi connectivity index (χ0v) is 12.4. The van der Waals surface area contributed by atoms with Gasteiger partial charge in [0.1, 0.15) is 5.56 Å². The van der Waals surface area contributed by atoms with Crippen molar-refractivity contribution in [3.63, 3.8) is 0 Å². The van der Waals surface area contributed by atoms with E-state index in [1.54, 1.807) is 0 Å². The summed E-state index contributed by atoms with van der Waals surface area (Å²) in [6.07, 6.45) is 5.24. The van der Waals surface area contributed by atoms with E-state index in [0.717, 1.165) is 25.7 Å². The Kier molecular flexibility index (Phi) is 4.97. The lowest BCUT2D eigenvalue weighted by Gasteiger charge is -2.26. The molecule has 0 aromatic heterocycles. The SMILES string of the molecule is Nc1cccc([N+](=O)[O-])c1C(=O)NCC1(O)CCCCCC1. The Morgan fingerprint density at radius 3 is 2.55 bits per heavy atom. The third-order valence-corrected chi connectivity index (χ3v) is 4.11. The number of nitrogen functional groups attached to an aromatic ring is 1. The first-order valence-electron chi connectivity index (χ1n) is 7.46. The van der Waals surface area contributed by atoms with Gasteiger partial charge in [0, 0.05) is 12.6 Å². The molecule has 0 aliphatic heterocycles. The smallest absolute Gasteiger partial charge is 0.284 e. The third kappa shape index (κ3) is 3.73. The minimum atomic E-state index is -0.940. The van der Waals surface area contributed by atoms with Crippen molar-refractivity contribution >= 4 is 17.3 Å². The van der Waals surface area contributed by atoms with E-state index < -0.39 is 16.4 Å².